The van der Waals surface area contributed by atoms with Crippen LogP contribution in [0.15, 0.2) is 54.7 Å². The van der Waals surface area contributed by atoms with Crippen LogP contribution in [0.3, 0.4) is 0 Å². The Labute approximate surface area is 133 Å². The number of fused-ring (bicyclic) bond motifs is 1. The average Bonchev–Trinajstić information content (AvgIpc) is 2.71. The Kier molecular flexibility index (Phi) is 4.64. The fraction of sp³-hybridized carbons (Fsp3) is 0.235. The fourth-order valence-electron chi connectivity index (χ4n) is 3.14. The van der Waals surface area contributed by atoms with Crippen LogP contribution < -0.4 is 4.57 Å². The minimum absolute atomic E-state index is 0.0172. The van der Waals surface area contributed by atoms with Gasteiger partial charge < -0.3 is 17.3 Å². The molecule has 0 aliphatic heterocycles. The van der Waals surface area contributed by atoms with Gasteiger partial charge in [-0.2, -0.15) is 0 Å². The number of halogens is 4. The summed E-state index contributed by atoms with van der Waals surface area (Å²) >= 11 is 0. The Bertz CT molecular complexity index is 733. The molecule has 1 aromatic carbocycles. The van der Waals surface area contributed by atoms with E-state index >= 15 is 0 Å². The van der Waals surface area contributed by atoms with Crippen molar-refractivity contribution in [3.8, 4) is 0 Å². The molecule has 1 aromatic heterocycles. The highest BCUT2D eigenvalue weighted by Gasteiger charge is 2.39. The van der Waals surface area contributed by atoms with Crippen LogP contribution in [-0.2, 0) is 12.5 Å². The molecule has 122 valence electrons. The molecule has 0 saturated carbocycles. The molecule has 1 heterocycles. The molecule has 0 amide bonds. The van der Waals surface area contributed by atoms with Crippen LogP contribution in [0.2, 0.25) is 0 Å². The lowest BCUT2D eigenvalue weighted by atomic mass is 9.81. The molecule has 0 fully saturated rings. The van der Waals surface area contributed by atoms with E-state index in [9.17, 15) is 17.3 Å². The quantitative estimate of drug-likeness (QED) is 0.412. The summed E-state index contributed by atoms with van der Waals surface area (Å²) in [6.45, 7) is 4.50. The zero-order chi connectivity index (χ0) is 17.3. The van der Waals surface area contributed by atoms with Crippen LogP contribution in [0, 0.1) is 0 Å². The molecular formula is C17H18BF4N. The molecule has 1 aliphatic rings. The van der Waals surface area contributed by atoms with Crippen molar-refractivity contribution in [2.24, 2.45) is 7.05 Å². The molecule has 0 bridgehead atoms. The first-order chi connectivity index (χ1) is 10.6. The number of aromatic nitrogens is 1. The molecule has 6 heteroatoms. The fourth-order valence-corrected chi connectivity index (χ4v) is 3.14. The topological polar surface area (TPSA) is 3.88 Å². The van der Waals surface area contributed by atoms with Crippen molar-refractivity contribution in [3.05, 3.63) is 71.6 Å². The van der Waals surface area contributed by atoms with Gasteiger partial charge in [-0.25, -0.2) is 4.57 Å². The van der Waals surface area contributed by atoms with E-state index in [-0.39, 0.29) is 5.41 Å². The Morgan fingerprint density at radius 1 is 0.957 bits per heavy atom. The first-order valence-electron chi connectivity index (χ1n) is 7.25. The van der Waals surface area contributed by atoms with Gasteiger partial charge in [-0.3, -0.25) is 0 Å². The molecule has 1 atom stereocenters. The maximum Gasteiger partial charge on any atom is 0.673 e. The molecule has 1 unspecified atom stereocenters. The van der Waals surface area contributed by atoms with Crippen molar-refractivity contribution in [1.29, 1.82) is 0 Å². The van der Waals surface area contributed by atoms with E-state index in [0.29, 0.717) is 0 Å². The summed E-state index contributed by atoms with van der Waals surface area (Å²) in [5.74, 6) is 0. The van der Waals surface area contributed by atoms with Gasteiger partial charge in [0, 0.05) is 12.1 Å². The highest BCUT2D eigenvalue weighted by molar-refractivity contribution is 6.50. The number of hydrogen-bond acceptors (Lipinski definition) is 0. The van der Waals surface area contributed by atoms with E-state index in [4.69, 9.17) is 0 Å². The van der Waals surface area contributed by atoms with Crippen molar-refractivity contribution in [3.63, 3.8) is 0 Å². The molecule has 23 heavy (non-hydrogen) atoms. The summed E-state index contributed by atoms with van der Waals surface area (Å²) in [5, 5.41) is 0. The van der Waals surface area contributed by atoms with Crippen molar-refractivity contribution in [2.45, 2.75) is 19.3 Å². The third-order valence-electron chi connectivity index (χ3n) is 4.00. The second kappa shape index (κ2) is 6.18. The second-order valence-electron chi connectivity index (χ2n) is 5.77. The minimum Gasteiger partial charge on any atom is -0.418 e. The number of aryl methyl sites for hydroxylation is 1. The lowest BCUT2D eigenvalue weighted by Gasteiger charge is -2.21. The van der Waals surface area contributed by atoms with Gasteiger partial charge in [0.25, 0.3) is 0 Å². The van der Waals surface area contributed by atoms with E-state index in [1.165, 1.54) is 22.4 Å². The van der Waals surface area contributed by atoms with Gasteiger partial charge in [-0.1, -0.05) is 36.4 Å². The number of nitrogens with zero attached hydrogens (tertiary/aromatic N) is 1. The van der Waals surface area contributed by atoms with Crippen molar-refractivity contribution < 1.29 is 21.8 Å². The van der Waals surface area contributed by atoms with Gasteiger partial charge in [-0.15, -0.1) is 0 Å². The SMILES string of the molecule is CC1=CC(C)(c2cccc[n+]2C)c2ccccc21.F[B-](F)(F)F. The van der Waals surface area contributed by atoms with Gasteiger partial charge in [0.2, 0.25) is 0 Å². The van der Waals surface area contributed by atoms with Gasteiger partial charge in [0.1, 0.15) is 7.05 Å². The minimum atomic E-state index is -6.00. The first-order valence-corrected chi connectivity index (χ1v) is 7.25. The van der Waals surface area contributed by atoms with Crippen LogP contribution in [0.5, 0.6) is 0 Å². The van der Waals surface area contributed by atoms with E-state index in [1.54, 1.807) is 0 Å². The first kappa shape index (κ1) is 17.3. The van der Waals surface area contributed by atoms with Crippen molar-refractivity contribution >= 4 is 12.8 Å². The summed E-state index contributed by atoms with van der Waals surface area (Å²) < 4.78 is 41.2. The number of hydrogen-bond donors (Lipinski definition) is 0. The molecular weight excluding hydrogens is 305 g/mol. The Morgan fingerprint density at radius 3 is 2.13 bits per heavy atom. The van der Waals surface area contributed by atoms with E-state index < -0.39 is 7.25 Å². The second-order valence-corrected chi connectivity index (χ2v) is 5.77. The zero-order valence-electron chi connectivity index (χ0n) is 13.2. The van der Waals surface area contributed by atoms with Crippen LogP contribution >= 0.6 is 0 Å². The lowest BCUT2D eigenvalue weighted by Crippen LogP contribution is -2.40. The summed E-state index contributed by atoms with van der Waals surface area (Å²) in [7, 11) is -3.88. The van der Waals surface area contributed by atoms with Crippen molar-refractivity contribution in [2.75, 3.05) is 0 Å². The van der Waals surface area contributed by atoms with Gasteiger partial charge in [-0.05, 0) is 30.5 Å². The van der Waals surface area contributed by atoms with Crippen LogP contribution in [0.25, 0.3) is 5.57 Å². The van der Waals surface area contributed by atoms with Gasteiger partial charge in [0.05, 0.1) is 5.41 Å². The normalized spacial score (nSPS) is 19.5. The third-order valence-corrected chi connectivity index (χ3v) is 4.00. The van der Waals surface area contributed by atoms with Crippen LogP contribution in [0.4, 0.5) is 17.3 Å². The van der Waals surface area contributed by atoms with E-state index in [1.807, 2.05) is 0 Å². The molecule has 3 rings (SSSR count). The zero-order valence-corrected chi connectivity index (χ0v) is 13.2. The predicted molar refractivity (Wildman–Crippen MR) is 84.4 cm³/mol. The van der Waals surface area contributed by atoms with E-state index in [2.05, 4.69) is 80.2 Å². The molecule has 0 saturated heterocycles. The average molecular weight is 323 g/mol. The smallest absolute Gasteiger partial charge is 0.418 e. The number of benzene rings is 1. The number of allylic oxidation sites excluding steroid dienone is 2. The Morgan fingerprint density at radius 2 is 1.52 bits per heavy atom. The maximum absolute atomic E-state index is 9.75. The summed E-state index contributed by atoms with van der Waals surface area (Å²) in [6, 6.07) is 15.1. The standard InChI is InChI=1S/C17H18N.BF4/c1-13-12-17(2,15-9-5-4-8-14(13)15)16-10-6-7-11-18(16)3;2-1(3,4)5/h4-12H,1-3H3;/q+1;-1. The predicted octanol–water partition coefficient (Wildman–Crippen LogP) is 4.53. The van der Waals surface area contributed by atoms with Crippen molar-refractivity contribution in [1.82, 2.24) is 0 Å². The van der Waals surface area contributed by atoms with Crippen LogP contribution in [0.1, 0.15) is 30.7 Å². The molecule has 1 nitrogen and oxygen atoms in total. The van der Waals surface area contributed by atoms with Crippen LogP contribution in [-0.4, -0.2) is 7.25 Å². The van der Waals surface area contributed by atoms with Gasteiger partial charge in [0.15, 0.2) is 11.9 Å². The largest absolute Gasteiger partial charge is 0.673 e. The number of rotatable bonds is 1. The summed E-state index contributed by atoms with van der Waals surface area (Å²) in [5.41, 5.74) is 5.47. The van der Waals surface area contributed by atoms with E-state index in [0.717, 1.165) is 0 Å². The summed E-state index contributed by atoms with van der Waals surface area (Å²) in [6.07, 6.45) is 4.50. The number of pyridine rings is 1. The Hall–Kier alpha value is -2.11. The molecule has 0 N–H and O–H groups in total. The molecule has 1 aliphatic carbocycles. The molecule has 0 spiro atoms. The highest BCUT2D eigenvalue weighted by Crippen LogP contribution is 2.43. The van der Waals surface area contributed by atoms with Gasteiger partial charge >= 0.3 is 7.25 Å². The highest BCUT2D eigenvalue weighted by atomic mass is 19.5. The molecule has 2 aromatic rings. The molecule has 0 radical (unpaired) electrons. The summed E-state index contributed by atoms with van der Waals surface area (Å²) in [4.78, 5) is 0. The maximum atomic E-state index is 9.75. The third kappa shape index (κ3) is 3.81. The Balaban J connectivity index is 0.000000338. The monoisotopic (exact) mass is 323 g/mol. The lowest BCUT2D eigenvalue weighted by molar-refractivity contribution is -0.681.